The summed E-state index contributed by atoms with van der Waals surface area (Å²) >= 11 is 4.91. The van der Waals surface area contributed by atoms with Crippen LogP contribution in [0.3, 0.4) is 0 Å². The van der Waals surface area contributed by atoms with E-state index in [1.807, 2.05) is 6.07 Å². The fourth-order valence-corrected chi connectivity index (χ4v) is 2.53. The van der Waals surface area contributed by atoms with Crippen LogP contribution >= 0.6 is 12.2 Å². The number of halogens is 1. The van der Waals surface area contributed by atoms with Crippen LogP contribution in [0.15, 0.2) is 18.2 Å². The van der Waals surface area contributed by atoms with Gasteiger partial charge >= 0.3 is 0 Å². The molecule has 2 rings (SSSR count). The van der Waals surface area contributed by atoms with Gasteiger partial charge in [0.1, 0.15) is 10.8 Å². The van der Waals surface area contributed by atoms with E-state index in [1.54, 1.807) is 6.07 Å². The number of hydrogen-bond acceptors (Lipinski definition) is 3. The Morgan fingerprint density at radius 3 is 2.79 bits per heavy atom. The molecule has 1 aliphatic heterocycles. The third-order valence-corrected chi connectivity index (χ3v) is 3.93. The van der Waals surface area contributed by atoms with Crippen LogP contribution in [0.25, 0.3) is 0 Å². The predicted octanol–water partition coefficient (Wildman–Crippen LogP) is 1.60. The lowest BCUT2D eigenvalue weighted by Crippen LogP contribution is -2.49. The number of piperazine rings is 1. The zero-order valence-corrected chi connectivity index (χ0v) is 12.2. The first-order chi connectivity index (χ1) is 8.95. The van der Waals surface area contributed by atoms with E-state index in [0.29, 0.717) is 11.6 Å². The Morgan fingerprint density at radius 1 is 1.42 bits per heavy atom. The highest BCUT2D eigenvalue weighted by Crippen LogP contribution is 2.15. The van der Waals surface area contributed by atoms with Gasteiger partial charge in [-0.25, -0.2) is 4.39 Å². The maximum absolute atomic E-state index is 13.5. The summed E-state index contributed by atoms with van der Waals surface area (Å²) < 4.78 is 13.5. The fraction of sp³-hybridized carbons (Fsp3) is 0.500. The fourth-order valence-electron chi connectivity index (χ4n) is 2.41. The van der Waals surface area contributed by atoms with Gasteiger partial charge in [0.05, 0.1) is 0 Å². The van der Waals surface area contributed by atoms with Crippen molar-refractivity contribution in [1.82, 2.24) is 9.80 Å². The van der Waals surface area contributed by atoms with Crippen molar-refractivity contribution in [1.29, 1.82) is 0 Å². The number of nitrogens with zero attached hydrogens (tertiary/aromatic N) is 2. The molecule has 1 saturated heterocycles. The molecule has 0 amide bonds. The molecule has 0 radical (unpaired) electrons. The minimum atomic E-state index is -0.275. The van der Waals surface area contributed by atoms with Crippen LogP contribution in [-0.4, -0.2) is 47.5 Å². The molecule has 5 heteroatoms. The minimum absolute atomic E-state index is 0.243. The first-order valence-electron chi connectivity index (χ1n) is 6.47. The van der Waals surface area contributed by atoms with Gasteiger partial charge in [0.25, 0.3) is 0 Å². The zero-order chi connectivity index (χ0) is 14.0. The Morgan fingerprint density at radius 2 is 2.16 bits per heavy atom. The third-order valence-electron chi connectivity index (χ3n) is 3.69. The monoisotopic (exact) mass is 281 g/mol. The smallest absolute Gasteiger partial charge is 0.124 e. The summed E-state index contributed by atoms with van der Waals surface area (Å²) in [7, 11) is 2.13. The SMILES string of the molecule is CC1CN(Cc2cc(F)cc(C(N)=S)c2)CCN1C. The van der Waals surface area contributed by atoms with E-state index in [-0.39, 0.29) is 10.8 Å². The highest BCUT2D eigenvalue weighted by Gasteiger charge is 2.20. The van der Waals surface area contributed by atoms with E-state index in [9.17, 15) is 4.39 Å². The number of benzene rings is 1. The maximum atomic E-state index is 13.5. The van der Waals surface area contributed by atoms with Crippen LogP contribution in [0.1, 0.15) is 18.1 Å². The average Bonchev–Trinajstić information content (AvgIpc) is 2.33. The molecule has 1 fully saturated rings. The first kappa shape index (κ1) is 14.4. The Kier molecular flexibility index (Phi) is 4.50. The summed E-state index contributed by atoms with van der Waals surface area (Å²) in [5, 5.41) is 0. The number of thiocarbonyl (C=S) groups is 1. The van der Waals surface area contributed by atoms with E-state index in [4.69, 9.17) is 18.0 Å². The van der Waals surface area contributed by atoms with Crippen molar-refractivity contribution in [2.75, 3.05) is 26.7 Å². The lowest BCUT2D eigenvalue weighted by atomic mass is 10.1. The van der Waals surface area contributed by atoms with Crippen LogP contribution in [-0.2, 0) is 6.54 Å². The molecule has 0 aromatic heterocycles. The molecule has 0 bridgehead atoms. The van der Waals surface area contributed by atoms with E-state index in [0.717, 1.165) is 31.7 Å². The van der Waals surface area contributed by atoms with Gasteiger partial charge in [0.15, 0.2) is 0 Å². The van der Waals surface area contributed by atoms with Crippen molar-refractivity contribution >= 4 is 17.2 Å². The summed E-state index contributed by atoms with van der Waals surface area (Å²) in [5.41, 5.74) is 7.10. The molecule has 0 aliphatic carbocycles. The summed E-state index contributed by atoms with van der Waals surface area (Å²) in [6.45, 7) is 5.98. The third kappa shape index (κ3) is 3.72. The predicted molar refractivity (Wildman–Crippen MR) is 79.7 cm³/mol. The molecule has 1 aromatic rings. The van der Waals surface area contributed by atoms with Crippen molar-refractivity contribution in [3.05, 3.63) is 35.1 Å². The van der Waals surface area contributed by atoms with Crippen LogP contribution < -0.4 is 5.73 Å². The normalized spacial score (nSPS) is 21.5. The van der Waals surface area contributed by atoms with E-state index >= 15 is 0 Å². The second-order valence-electron chi connectivity index (χ2n) is 5.28. The van der Waals surface area contributed by atoms with Crippen molar-refractivity contribution in [3.8, 4) is 0 Å². The molecule has 1 aromatic carbocycles. The molecule has 19 heavy (non-hydrogen) atoms. The highest BCUT2D eigenvalue weighted by molar-refractivity contribution is 7.80. The second kappa shape index (κ2) is 5.94. The van der Waals surface area contributed by atoms with Gasteiger partial charge in [0.2, 0.25) is 0 Å². The van der Waals surface area contributed by atoms with E-state index in [2.05, 4.69) is 23.8 Å². The van der Waals surface area contributed by atoms with Gasteiger partial charge in [-0.15, -0.1) is 0 Å². The largest absolute Gasteiger partial charge is 0.389 e. The molecule has 3 nitrogen and oxygen atoms in total. The van der Waals surface area contributed by atoms with Crippen LogP contribution in [0.2, 0.25) is 0 Å². The molecule has 1 unspecified atom stereocenters. The number of hydrogen-bond donors (Lipinski definition) is 1. The lowest BCUT2D eigenvalue weighted by molar-refractivity contribution is 0.0999. The minimum Gasteiger partial charge on any atom is -0.389 e. The molecule has 1 atom stereocenters. The van der Waals surface area contributed by atoms with Crippen LogP contribution in [0.5, 0.6) is 0 Å². The van der Waals surface area contributed by atoms with Crippen molar-refractivity contribution in [2.45, 2.75) is 19.5 Å². The van der Waals surface area contributed by atoms with Gasteiger partial charge in [0, 0.05) is 37.8 Å². The number of rotatable bonds is 3. The summed E-state index contributed by atoms with van der Waals surface area (Å²) in [5.74, 6) is -0.275. The quantitative estimate of drug-likeness (QED) is 0.853. The molecule has 0 saturated carbocycles. The highest BCUT2D eigenvalue weighted by atomic mass is 32.1. The van der Waals surface area contributed by atoms with E-state index < -0.39 is 0 Å². The zero-order valence-electron chi connectivity index (χ0n) is 11.4. The summed E-state index contributed by atoms with van der Waals surface area (Å²) in [6.07, 6.45) is 0. The molecular weight excluding hydrogens is 261 g/mol. The number of nitrogens with two attached hydrogens (primary N) is 1. The topological polar surface area (TPSA) is 32.5 Å². The Balaban J connectivity index is 2.09. The van der Waals surface area contributed by atoms with Crippen LogP contribution in [0, 0.1) is 5.82 Å². The summed E-state index contributed by atoms with van der Waals surface area (Å²) in [4.78, 5) is 4.91. The van der Waals surface area contributed by atoms with E-state index in [1.165, 1.54) is 6.07 Å². The Bertz CT molecular complexity index is 478. The first-order valence-corrected chi connectivity index (χ1v) is 6.88. The van der Waals surface area contributed by atoms with Gasteiger partial charge < -0.3 is 10.6 Å². The van der Waals surface area contributed by atoms with Crippen molar-refractivity contribution in [3.63, 3.8) is 0 Å². The molecule has 0 spiro atoms. The summed E-state index contributed by atoms with van der Waals surface area (Å²) in [6, 6.07) is 5.36. The van der Waals surface area contributed by atoms with Gasteiger partial charge in [-0.3, -0.25) is 4.90 Å². The Hall–Kier alpha value is -1.04. The molecular formula is C14H20FN3S. The van der Waals surface area contributed by atoms with Gasteiger partial charge in [-0.1, -0.05) is 12.2 Å². The molecule has 104 valence electrons. The van der Waals surface area contributed by atoms with Crippen molar-refractivity contribution < 1.29 is 4.39 Å². The van der Waals surface area contributed by atoms with Gasteiger partial charge in [-0.05, 0) is 37.7 Å². The number of likely N-dealkylation sites (N-methyl/N-ethyl adjacent to an activating group) is 1. The average molecular weight is 281 g/mol. The lowest BCUT2D eigenvalue weighted by Gasteiger charge is -2.37. The van der Waals surface area contributed by atoms with Gasteiger partial charge in [-0.2, -0.15) is 0 Å². The molecule has 1 aliphatic rings. The molecule has 1 heterocycles. The second-order valence-corrected chi connectivity index (χ2v) is 5.72. The Labute approximate surface area is 119 Å². The molecule has 2 N–H and O–H groups in total. The van der Waals surface area contributed by atoms with Crippen molar-refractivity contribution in [2.24, 2.45) is 5.73 Å². The standard InChI is InChI=1S/C14H20FN3S/c1-10-8-18(4-3-17(10)2)9-11-5-12(14(16)19)7-13(15)6-11/h5-7,10H,3-4,8-9H2,1-2H3,(H2,16,19). The maximum Gasteiger partial charge on any atom is 0.124 e. The van der Waals surface area contributed by atoms with Crippen LogP contribution in [0.4, 0.5) is 4.39 Å².